The summed E-state index contributed by atoms with van der Waals surface area (Å²) in [6.07, 6.45) is 5.01. The Morgan fingerprint density at radius 2 is 1.81 bits per heavy atom. The van der Waals surface area contributed by atoms with Gasteiger partial charge in [-0.05, 0) is 51.3 Å². The molecule has 140 valence electrons. The molecule has 0 aliphatic carbocycles. The summed E-state index contributed by atoms with van der Waals surface area (Å²) in [4.78, 5) is 40.7. The summed E-state index contributed by atoms with van der Waals surface area (Å²) in [6, 6.07) is 6.76. The van der Waals surface area contributed by atoms with E-state index in [2.05, 4.69) is 5.32 Å². The maximum atomic E-state index is 12.8. The van der Waals surface area contributed by atoms with Gasteiger partial charge in [-0.15, -0.1) is 0 Å². The molecule has 2 aliphatic heterocycles. The van der Waals surface area contributed by atoms with Crippen LogP contribution in [0.2, 0.25) is 0 Å². The second kappa shape index (κ2) is 8.45. The molecule has 3 rings (SSSR count). The molecule has 0 bridgehead atoms. The number of rotatable bonds is 5. The van der Waals surface area contributed by atoms with E-state index in [0.717, 1.165) is 51.7 Å². The number of likely N-dealkylation sites (tertiary alicyclic amines) is 2. The van der Waals surface area contributed by atoms with Crippen molar-refractivity contribution in [3.05, 3.63) is 29.8 Å². The van der Waals surface area contributed by atoms with E-state index >= 15 is 0 Å². The first-order chi connectivity index (χ1) is 12.5. The van der Waals surface area contributed by atoms with Crippen molar-refractivity contribution < 1.29 is 14.4 Å². The smallest absolute Gasteiger partial charge is 0.239 e. The third-order valence-corrected chi connectivity index (χ3v) is 5.22. The number of hydrogen-bond donors (Lipinski definition) is 1. The maximum Gasteiger partial charge on any atom is 0.239 e. The number of amides is 2. The van der Waals surface area contributed by atoms with Crippen LogP contribution in [0.25, 0.3) is 0 Å². The molecule has 0 aromatic heterocycles. The number of Topliss-reactive ketones (excluding diaryl/α,β-unsaturated/α-hetero) is 1. The highest BCUT2D eigenvalue weighted by Crippen LogP contribution is 2.21. The molecule has 1 atom stereocenters. The number of nitrogens with one attached hydrogen (secondary N) is 1. The third kappa shape index (κ3) is 4.49. The Morgan fingerprint density at radius 3 is 2.54 bits per heavy atom. The van der Waals surface area contributed by atoms with Crippen LogP contribution in [-0.2, 0) is 9.59 Å². The zero-order valence-electron chi connectivity index (χ0n) is 15.4. The molecule has 0 spiro atoms. The Hall–Kier alpha value is -2.21. The molecule has 2 heterocycles. The SMILES string of the molecule is CC(=O)c1cccc(NC(=O)CN2CCCCC2C(=O)N2CCCC2)c1. The van der Waals surface area contributed by atoms with E-state index in [-0.39, 0.29) is 30.2 Å². The van der Waals surface area contributed by atoms with Crippen LogP contribution in [0.4, 0.5) is 5.69 Å². The number of nitrogens with zero attached hydrogens (tertiary/aromatic N) is 2. The molecule has 6 heteroatoms. The summed E-state index contributed by atoms with van der Waals surface area (Å²) in [7, 11) is 0. The van der Waals surface area contributed by atoms with Gasteiger partial charge in [0.1, 0.15) is 0 Å². The van der Waals surface area contributed by atoms with E-state index in [0.29, 0.717) is 11.3 Å². The molecule has 1 aromatic carbocycles. The highest BCUT2D eigenvalue weighted by Gasteiger charge is 2.33. The Labute approximate surface area is 154 Å². The molecule has 26 heavy (non-hydrogen) atoms. The monoisotopic (exact) mass is 357 g/mol. The second-order valence-electron chi connectivity index (χ2n) is 7.20. The van der Waals surface area contributed by atoms with Crippen molar-refractivity contribution in [3.63, 3.8) is 0 Å². The lowest BCUT2D eigenvalue weighted by molar-refractivity contribution is -0.137. The van der Waals surface area contributed by atoms with Crippen LogP contribution in [-0.4, -0.2) is 59.6 Å². The van der Waals surface area contributed by atoms with Crippen LogP contribution >= 0.6 is 0 Å². The molecule has 1 N–H and O–H groups in total. The Kier molecular flexibility index (Phi) is 6.04. The predicted molar refractivity (Wildman–Crippen MR) is 100 cm³/mol. The van der Waals surface area contributed by atoms with Crippen LogP contribution in [0.15, 0.2) is 24.3 Å². The number of piperidine rings is 1. The number of hydrogen-bond acceptors (Lipinski definition) is 4. The van der Waals surface area contributed by atoms with Gasteiger partial charge < -0.3 is 10.2 Å². The second-order valence-corrected chi connectivity index (χ2v) is 7.20. The van der Waals surface area contributed by atoms with Crippen LogP contribution in [0.3, 0.4) is 0 Å². The molecule has 2 amide bonds. The van der Waals surface area contributed by atoms with E-state index in [4.69, 9.17) is 0 Å². The van der Waals surface area contributed by atoms with Crippen LogP contribution in [0.1, 0.15) is 49.4 Å². The highest BCUT2D eigenvalue weighted by molar-refractivity contribution is 5.97. The fourth-order valence-corrected chi connectivity index (χ4v) is 3.81. The van der Waals surface area contributed by atoms with E-state index in [1.165, 1.54) is 6.92 Å². The summed E-state index contributed by atoms with van der Waals surface area (Å²) < 4.78 is 0. The van der Waals surface area contributed by atoms with Crippen LogP contribution in [0, 0.1) is 0 Å². The molecule has 1 unspecified atom stereocenters. The Bertz CT molecular complexity index is 683. The fourth-order valence-electron chi connectivity index (χ4n) is 3.81. The van der Waals surface area contributed by atoms with Crippen molar-refractivity contribution in [1.29, 1.82) is 0 Å². The van der Waals surface area contributed by atoms with Crippen molar-refractivity contribution in [3.8, 4) is 0 Å². The largest absolute Gasteiger partial charge is 0.341 e. The van der Waals surface area contributed by atoms with Gasteiger partial charge >= 0.3 is 0 Å². The summed E-state index contributed by atoms with van der Waals surface area (Å²) >= 11 is 0. The zero-order valence-corrected chi connectivity index (χ0v) is 15.4. The number of carbonyl (C=O) groups excluding carboxylic acids is 3. The summed E-state index contributed by atoms with van der Waals surface area (Å²) in [5.74, 6) is -0.00574. The molecule has 6 nitrogen and oxygen atoms in total. The molecule has 2 aliphatic rings. The van der Waals surface area contributed by atoms with Gasteiger partial charge in [0.2, 0.25) is 11.8 Å². The minimum atomic E-state index is -0.184. The topological polar surface area (TPSA) is 69.7 Å². The molecule has 1 aromatic rings. The van der Waals surface area contributed by atoms with Crippen molar-refractivity contribution in [1.82, 2.24) is 9.80 Å². The van der Waals surface area contributed by atoms with Crippen LogP contribution in [0.5, 0.6) is 0 Å². The van der Waals surface area contributed by atoms with Crippen molar-refractivity contribution in [2.45, 2.75) is 45.1 Å². The lowest BCUT2D eigenvalue weighted by Crippen LogP contribution is -2.52. The lowest BCUT2D eigenvalue weighted by Gasteiger charge is -2.36. The predicted octanol–water partition coefficient (Wildman–Crippen LogP) is 2.30. The van der Waals surface area contributed by atoms with E-state index in [1.54, 1.807) is 24.3 Å². The average molecular weight is 357 g/mol. The van der Waals surface area contributed by atoms with Gasteiger partial charge in [0, 0.05) is 24.3 Å². The number of benzene rings is 1. The molecule has 2 saturated heterocycles. The van der Waals surface area contributed by atoms with Gasteiger partial charge in [-0.2, -0.15) is 0 Å². The Balaban J connectivity index is 1.62. The average Bonchev–Trinajstić information content (AvgIpc) is 3.16. The lowest BCUT2D eigenvalue weighted by atomic mass is 10.0. The number of carbonyl (C=O) groups is 3. The minimum absolute atomic E-state index is 0.0339. The van der Waals surface area contributed by atoms with Crippen molar-refractivity contribution in [2.75, 3.05) is 31.5 Å². The van der Waals surface area contributed by atoms with Crippen molar-refractivity contribution in [2.24, 2.45) is 0 Å². The molecular weight excluding hydrogens is 330 g/mol. The van der Waals surface area contributed by atoms with E-state index in [1.807, 2.05) is 9.80 Å². The van der Waals surface area contributed by atoms with Gasteiger partial charge in [0.15, 0.2) is 5.78 Å². The maximum absolute atomic E-state index is 12.8. The molecule has 2 fully saturated rings. The first-order valence-electron chi connectivity index (χ1n) is 9.48. The fraction of sp³-hybridized carbons (Fsp3) is 0.550. The van der Waals surface area contributed by atoms with Gasteiger partial charge in [0.05, 0.1) is 12.6 Å². The van der Waals surface area contributed by atoms with Gasteiger partial charge in [-0.3, -0.25) is 19.3 Å². The first-order valence-corrected chi connectivity index (χ1v) is 9.48. The van der Waals surface area contributed by atoms with Gasteiger partial charge in [-0.1, -0.05) is 18.6 Å². The highest BCUT2D eigenvalue weighted by atomic mass is 16.2. The van der Waals surface area contributed by atoms with E-state index in [9.17, 15) is 14.4 Å². The summed E-state index contributed by atoms with van der Waals surface area (Å²) in [5, 5.41) is 2.86. The molecule has 0 radical (unpaired) electrons. The van der Waals surface area contributed by atoms with Crippen molar-refractivity contribution >= 4 is 23.3 Å². The summed E-state index contributed by atoms with van der Waals surface area (Å²) in [6.45, 7) is 4.16. The number of ketones is 1. The standard InChI is InChI=1S/C20H27N3O3/c1-15(24)16-7-6-8-17(13-16)21-19(25)14-23-12-3-2-9-18(23)20(26)22-10-4-5-11-22/h6-8,13,18H,2-5,9-12,14H2,1H3,(H,21,25). The molecule has 0 saturated carbocycles. The normalized spacial score (nSPS) is 20.8. The van der Waals surface area contributed by atoms with Crippen LogP contribution < -0.4 is 5.32 Å². The number of anilines is 1. The zero-order chi connectivity index (χ0) is 18.5. The first kappa shape index (κ1) is 18.6. The quantitative estimate of drug-likeness (QED) is 0.821. The van der Waals surface area contributed by atoms with Gasteiger partial charge in [0.25, 0.3) is 0 Å². The Morgan fingerprint density at radius 1 is 1.08 bits per heavy atom. The third-order valence-electron chi connectivity index (χ3n) is 5.22. The minimum Gasteiger partial charge on any atom is -0.341 e. The summed E-state index contributed by atoms with van der Waals surface area (Å²) in [5.41, 5.74) is 1.19. The molecular formula is C20H27N3O3. The van der Waals surface area contributed by atoms with Gasteiger partial charge in [-0.25, -0.2) is 0 Å². The van der Waals surface area contributed by atoms with E-state index < -0.39 is 0 Å².